The molecule has 0 unspecified atom stereocenters. The summed E-state index contributed by atoms with van der Waals surface area (Å²) in [5.74, 6) is -0.189. The molecule has 34 heavy (non-hydrogen) atoms. The zero-order valence-corrected chi connectivity index (χ0v) is 20.6. The molecule has 2 heterocycles. The summed E-state index contributed by atoms with van der Waals surface area (Å²) in [7, 11) is 3.01. The molecule has 1 saturated heterocycles. The van der Waals surface area contributed by atoms with Crippen molar-refractivity contribution in [1.29, 1.82) is 0 Å². The molecule has 1 aliphatic heterocycles. The highest BCUT2D eigenvalue weighted by atomic mass is 35.5. The third-order valence-electron chi connectivity index (χ3n) is 5.59. The molecule has 174 valence electrons. The van der Waals surface area contributed by atoms with Crippen molar-refractivity contribution in [3.8, 4) is 17.2 Å². The highest BCUT2D eigenvalue weighted by Crippen LogP contribution is 2.35. The van der Waals surface area contributed by atoms with Crippen LogP contribution in [0.2, 0.25) is 5.02 Å². The third kappa shape index (κ3) is 4.06. The van der Waals surface area contributed by atoms with Gasteiger partial charge < -0.3 is 14.0 Å². The minimum Gasteiger partial charge on any atom is -0.497 e. The lowest BCUT2D eigenvalue weighted by Gasteiger charge is -2.30. The molecule has 0 atom stereocenters. The number of benzene rings is 2. The summed E-state index contributed by atoms with van der Waals surface area (Å²) in [6.07, 6.45) is 1.57. The molecule has 1 fully saturated rings. The van der Waals surface area contributed by atoms with Gasteiger partial charge in [-0.1, -0.05) is 23.7 Å². The highest BCUT2D eigenvalue weighted by Gasteiger charge is 2.36. The molecule has 0 aliphatic carbocycles. The van der Waals surface area contributed by atoms with E-state index < -0.39 is 11.8 Å². The van der Waals surface area contributed by atoms with Crippen LogP contribution in [0.25, 0.3) is 11.8 Å². The van der Waals surface area contributed by atoms with Gasteiger partial charge in [0.2, 0.25) is 0 Å². The highest BCUT2D eigenvalue weighted by molar-refractivity contribution is 7.80. The fraction of sp³-hybridized carbons (Fsp3) is 0.160. The zero-order valence-electron chi connectivity index (χ0n) is 19.0. The van der Waals surface area contributed by atoms with Gasteiger partial charge in [0.25, 0.3) is 11.8 Å². The molecule has 4 rings (SSSR count). The molecule has 2 aromatic carbocycles. The maximum atomic E-state index is 13.5. The Hall–Kier alpha value is -3.62. The van der Waals surface area contributed by atoms with Gasteiger partial charge >= 0.3 is 0 Å². The van der Waals surface area contributed by atoms with E-state index in [4.69, 9.17) is 33.3 Å². The molecular weight excluding hydrogens is 474 g/mol. The number of halogens is 1. The number of hydrogen-bond donors (Lipinski definition) is 1. The SMILES string of the molecule is COc1ccc(N2C(=O)/C(=C/c3cc(C)n(-c4ccccc4Cl)c3C)C(=O)NC2=S)c(OC)c1. The van der Waals surface area contributed by atoms with E-state index >= 15 is 0 Å². The number of para-hydroxylation sites is 1. The van der Waals surface area contributed by atoms with Crippen LogP contribution in [-0.2, 0) is 9.59 Å². The van der Waals surface area contributed by atoms with E-state index in [1.165, 1.54) is 19.1 Å². The number of anilines is 1. The summed E-state index contributed by atoms with van der Waals surface area (Å²) in [5, 5.41) is 3.17. The van der Waals surface area contributed by atoms with E-state index in [1.807, 2.05) is 48.7 Å². The van der Waals surface area contributed by atoms with Crippen LogP contribution >= 0.6 is 23.8 Å². The van der Waals surface area contributed by atoms with Crippen molar-refractivity contribution in [3.05, 3.63) is 76.1 Å². The Labute approximate surface area is 207 Å². The molecule has 1 aliphatic rings. The normalized spacial score (nSPS) is 15.0. The average Bonchev–Trinajstić information content (AvgIpc) is 3.09. The maximum Gasteiger partial charge on any atom is 0.270 e. The second-order valence-corrected chi connectivity index (χ2v) is 8.40. The Morgan fingerprint density at radius 1 is 1.00 bits per heavy atom. The first kappa shape index (κ1) is 23.5. The smallest absolute Gasteiger partial charge is 0.270 e. The van der Waals surface area contributed by atoms with Gasteiger partial charge in [-0.15, -0.1) is 0 Å². The molecule has 1 aromatic heterocycles. The third-order valence-corrected chi connectivity index (χ3v) is 6.20. The molecule has 0 bridgehead atoms. The van der Waals surface area contributed by atoms with Crippen LogP contribution in [0.4, 0.5) is 5.69 Å². The van der Waals surface area contributed by atoms with Gasteiger partial charge in [-0.05, 0) is 68.0 Å². The fourth-order valence-corrected chi connectivity index (χ4v) is 4.43. The fourth-order valence-electron chi connectivity index (χ4n) is 3.94. The zero-order chi connectivity index (χ0) is 24.6. The quantitative estimate of drug-likeness (QED) is 0.318. The number of carbonyl (C=O) groups is 2. The topological polar surface area (TPSA) is 72.8 Å². The minimum atomic E-state index is -0.568. The van der Waals surface area contributed by atoms with Crippen molar-refractivity contribution in [2.75, 3.05) is 19.1 Å². The molecule has 2 amide bonds. The van der Waals surface area contributed by atoms with Crippen LogP contribution in [0.5, 0.6) is 11.5 Å². The van der Waals surface area contributed by atoms with E-state index in [9.17, 15) is 9.59 Å². The number of aromatic nitrogens is 1. The summed E-state index contributed by atoms with van der Waals surface area (Å²) in [6.45, 7) is 3.84. The van der Waals surface area contributed by atoms with Crippen molar-refractivity contribution in [3.63, 3.8) is 0 Å². The van der Waals surface area contributed by atoms with Gasteiger partial charge in [0.05, 0.1) is 30.6 Å². The van der Waals surface area contributed by atoms with E-state index in [1.54, 1.807) is 24.3 Å². The van der Waals surface area contributed by atoms with Gasteiger partial charge in [0, 0.05) is 17.5 Å². The lowest BCUT2D eigenvalue weighted by molar-refractivity contribution is -0.122. The van der Waals surface area contributed by atoms with Crippen LogP contribution in [0.1, 0.15) is 17.0 Å². The van der Waals surface area contributed by atoms with E-state index in [-0.39, 0.29) is 10.7 Å². The van der Waals surface area contributed by atoms with Crippen molar-refractivity contribution in [2.24, 2.45) is 0 Å². The summed E-state index contributed by atoms with van der Waals surface area (Å²) >= 11 is 11.7. The monoisotopic (exact) mass is 495 g/mol. The summed E-state index contributed by atoms with van der Waals surface area (Å²) < 4.78 is 12.6. The largest absolute Gasteiger partial charge is 0.497 e. The molecule has 7 nitrogen and oxygen atoms in total. The molecule has 0 saturated carbocycles. The number of rotatable bonds is 5. The van der Waals surface area contributed by atoms with Gasteiger partial charge in [-0.2, -0.15) is 0 Å². The molecule has 0 radical (unpaired) electrons. The van der Waals surface area contributed by atoms with Crippen LogP contribution in [-0.4, -0.2) is 35.7 Å². The maximum absolute atomic E-state index is 13.5. The summed E-state index contributed by atoms with van der Waals surface area (Å²) in [4.78, 5) is 27.5. The predicted molar refractivity (Wildman–Crippen MR) is 136 cm³/mol. The second kappa shape index (κ2) is 9.32. The average molecular weight is 496 g/mol. The number of amides is 2. The van der Waals surface area contributed by atoms with E-state index in [2.05, 4.69) is 5.32 Å². The van der Waals surface area contributed by atoms with Crippen LogP contribution in [0.15, 0.2) is 54.1 Å². The Bertz CT molecular complexity index is 1360. The Morgan fingerprint density at radius 2 is 1.74 bits per heavy atom. The Morgan fingerprint density at radius 3 is 2.41 bits per heavy atom. The van der Waals surface area contributed by atoms with Crippen LogP contribution < -0.4 is 19.7 Å². The number of carbonyl (C=O) groups excluding carboxylic acids is 2. The number of aryl methyl sites for hydroxylation is 1. The number of nitrogens with one attached hydrogen (secondary N) is 1. The molecule has 0 spiro atoms. The molecular formula is C25H22ClN3O4S. The first-order chi connectivity index (χ1) is 16.3. The Balaban J connectivity index is 1.79. The molecule has 3 aromatic rings. The van der Waals surface area contributed by atoms with Crippen LogP contribution in [0.3, 0.4) is 0 Å². The van der Waals surface area contributed by atoms with Crippen molar-refractivity contribution in [1.82, 2.24) is 9.88 Å². The minimum absolute atomic E-state index is 0.0304. The van der Waals surface area contributed by atoms with E-state index in [0.29, 0.717) is 27.8 Å². The first-order valence-electron chi connectivity index (χ1n) is 10.3. The van der Waals surface area contributed by atoms with E-state index in [0.717, 1.165) is 17.1 Å². The predicted octanol–water partition coefficient (Wildman–Crippen LogP) is 4.60. The number of methoxy groups -OCH3 is 2. The van der Waals surface area contributed by atoms with Crippen molar-refractivity contribution in [2.45, 2.75) is 13.8 Å². The van der Waals surface area contributed by atoms with Gasteiger partial charge in [0.15, 0.2) is 5.11 Å². The summed E-state index contributed by atoms with van der Waals surface area (Å²) in [6, 6.07) is 14.4. The number of hydrogen-bond acceptors (Lipinski definition) is 5. The number of thiocarbonyl (C=S) groups is 1. The lowest BCUT2D eigenvalue weighted by atomic mass is 10.1. The van der Waals surface area contributed by atoms with Crippen LogP contribution in [0, 0.1) is 13.8 Å². The van der Waals surface area contributed by atoms with Gasteiger partial charge in [-0.3, -0.25) is 14.9 Å². The second-order valence-electron chi connectivity index (χ2n) is 7.61. The van der Waals surface area contributed by atoms with Gasteiger partial charge in [0.1, 0.15) is 17.1 Å². The Kier molecular flexibility index (Phi) is 6.45. The van der Waals surface area contributed by atoms with Crippen molar-refractivity contribution >= 4 is 52.5 Å². The van der Waals surface area contributed by atoms with Crippen molar-refractivity contribution < 1.29 is 19.1 Å². The summed E-state index contributed by atoms with van der Waals surface area (Å²) in [5.41, 5.74) is 3.61. The van der Waals surface area contributed by atoms with Gasteiger partial charge in [-0.25, -0.2) is 4.90 Å². The first-order valence-corrected chi connectivity index (χ1v) is 11.1. The standard InChI is InChI=1S/C25H22ClN3O4S/c1-14-11-16(15(2)28(14)20-8-6-5-7-19(20)26)12-18-23(30)27-25(34)29(24(18)31)21-10-9-17(32-3)13-22(21)33-4/h5-13H,1-4H3,(H,27,30,34)/b18-12+. The number of nitrogens with zero attached hydrogens (tertiary/aromatic N) is 2. The number of ether oxygens (including phenoxy) is 2. The lowest BCUT2D eigenvalue weighted by Crippen LogP contribution is -2.54. The molecule has 9 heteroatoms. The molecule has 1 N–H and O–H groups in total.